The fourth-order valence-corrected chi connectivity index (χ4v) is 4.60. The van der Waals surface area contributed by atoms with Gasteiger partial charge in [0.15, 0.2) is 5.82 Å². The second-order valence-corrected chi connectivity index (χ2v) is 7.15. The molecular formula is C17H19N3O4. The van der Waals surface area contributed by atoms with E-state index in [2.05, 4.69) is 5.16 Å². The predicted octanol–water partition coefficient (Wildman–Crippen LogP) is 0.892. The molecule has 2 unspecified atom stereocenters. The van der Waals surface area contributed by atoms with Crippen molar-refractivity contribution in [1.29, 1.82) is 0 Å². The summed E-state index contributed by atoms with van der Waals surface area (Å²) in [6.07, 6.45) is 5.69. The normalized spacial score (nSPS) is 36.9. The molecule has 4 aliphatic heterocycles. The van der Waals surface area contributed by atoms with Crippen molar-refractivity contribution in [3.8, 4) is 0 Å². The van der Waals surface area contributed by atoms with Crippen LogP contribution in [0, 0.1) is 18.8 Å². The topological polar surface area (TPSA) is 75.9 Å². The van der Waals surface area contributed by atoms with Gasteiger partial charge >= 0.3 is 0 Å². The summed E-state index contributed by atoms with van der Waals surface area (Å²) in [6, 6.07) is 1.74. The standard InChI is InChI=1S/C17H19N3O4/c1-10-8-12(18-24-10)20-9-17-5-4-11(23-17)13(14(17)16(20)22)15(21)19-6-2-3-7-19/h4-5,8,11,13-14H,2-3,6-7,9H2,1H3/t11-,13?,14?,17+/m1/s1. The number of fused-ring (bicyclic) bond motifs is 1. The highest BCUT2D eigenvalue weighted by atomic mass is 16.5. The van der Waals surface area contributed by atoms with Crippen LogP contribution in [0.25, 0.3) is 0 Å². The average molecular weight is 329 g/mol. The lowest BCUT2D eigenvalue weighted by molar-refractivity contribution is -0.139. The second-order valence-electron chi connectivity index (χ2n) is 7.15. The number of nitrogens with zero attached hydrogens (tertiary/aromatic N) is 3. The van der Waals surface area contributed by atoms with Crippen LogP contribution in [0.2, 0.25) is 0 Å². The van der Waals surface area contributed by atoms with Crippen LogP contribution < -0.4 is 4.90 Å². The molecule has 3 fully saturated rings. The molecule has 24 heavy (non-hydrogen) atoms. The van der Waals surface area contributed by atoms with Crippen molar-refractivity contribution in [2.75, 3.05) is 24.5 Å². The van der Waals surface area contributed by atoms with Crippen LogP contribution in [0.4, 0.5) is 5.82 Å². The molecule has 7 heteroatoms. The zero-order valence-electron chi connectivity index (χ0n) is 13.5. The van der Waals surface area contributed by atoms with Crippen molar-refractivity contribution < 1.29 is 18.8 Å². The van der Waals surface area contributed by atoms with E-state index in [9.17, 15) is 9.59 Å². The minimum atomic E-state index is -0.700. The van der Waals surface area contributed by atoms with Gasteiger partial charge in [0.1, 0.15) is 11.4 Å². The molecule has 0 radical (unpaired) electrons. The van der Waals surface area contributed by atoms with Crippen molar-refractivity contribution in [3.05, 3.63) is 24.0 Å². The van der Waals surface area contributed by atoms with Gasteiger partial charge in [-0.15, -0.1) is 0 Å². The van der Waals surface area contributed by atoms with Gasteiger partial charge in [-0.2, -0.15) is 0 Å². The van der Waals surface area contributed by atoms with E-state index in [-0.39, 0.29) is 17.9 Å². The van der Waals surface area contributed by atoms with Gasteiger partial charge in [-0.25, -0.2) is 0 Å². The van der Waals surface area contributed by atoms with E-state index in [0.717, 1.165) is 25.9 Å². The molecule has 5 heterocycles. The summed E-state index contributed by atoms with van der Waals surface area (Å²) in [5.74, 6) is 0.232. The first-order valence-electron chi connectivity index (χ1n) is 8.50. The fourth-order valence-electron chi connectivity index (χ4n) is 4.60. The molecule has 126 valence electrons. The molecule has 5 rings (SSSR count). The van der Waals surface area contributed by atoms with Gasteiger partial charge in [-0.05, 0) is 19.8 Å². The number of rotatable bonds is 2. The minimum Gasteiger partial charge on any atom is -0.360 e. The third-order valence-corrected chi connectivity index (χ3v) is 5.70. The van der Waals surface area contributed by atoms with Crippen LogP contribution >= 0.6 is 0 Å². The molecule has 4 aliphatic rings. The van der Waals surface area contributed by atoms with Crippen LogP contribution in [-0.2, 0) is 14.3 Å². The fraction of sp³-hybridized carbons (Fsp3) is 0.588. The maximum absolute atomic E-state index is 13.1. The molecule has 4 atom stereocenters. The molecule has 0 N–H and O–H groups in total. The van der Waals surface area contributed by atoms with Gasteiger partial charge in [0.2, 0.25) is 11.8 Å². The van der Waals surface area contributed by atoms with Gasteiger partial charge in [0.25, 0.3) is 0 Å². The predicted molar refractivity (Wildman–Crippen MR) is 83.1 cm³/mol. The Morgan fingerprint density at radius 3 is 2.88 bits per heavy atom. The highest BCUT2D eigenvalue weighted by Crippen LogP contribution is 2.53. The summed E-state index contributed by atoms with van der Waals surface area (Å²) >= 11 is 0. The lowest BCUT2D eigenvalue weighted by Crippen LogP contribution is -2.45. The highest BCUT2D eigenvalue weighted by Gasteiger charge is 2.67. The molecule has 2 amide bonds. The number of aryl methyl sites for hydroxylation is 1. The number of aromatic nitrogens is 1. The maximum Gasteiger partial charge on any atom is 0.235 e. The Hall–Kier alpha value is -2.15. The van der Waals surface area contributed by atoms with Crippen LogP contribution in [0.1, 0.15) is 18.6 Å². The SMILES string of the molecule is Cc1cc(N2C[C@]34C=C[C@@H](O3)C(C(=O)N3CCCC3)C4C2=O)no1. The Morgan fingerprint density at radius 1 is 1.38 bits per heavy atom. The number of amides is 2. The second kappa shape index (κ2) is 4.69. The molecule has 1 aromatic rings. The Labute approximate surface area is 139 Å². The molecule has 0 saturated carbocycles. The van der Waals surface area contributed by atoms with Gasteiger partial charge in [0.05, 0.1) is 24.5 Å². The van der Waals surface area contributed by atoms with E-state index in [1.807, 2.05) is 17.1 Å². The first kappa shape index (κ1) is 14.2. The summed E-state index contributed by atoms with van der Waals surface area (Å²) in [5, 5.41) is 3.96. The Balaban J connectivity index is 1.49. The van der Waals surface area contributed by atoms with Crippen molar-refractivity contribution in [3.63, 3.8) is 0 Å². The average Bonchev–Trinajstić information content (AvgIpc) is 3.34. The molecule has 1 aromatic heterocycles. The Morgan fingerprint density at radius 2 is 2.17 bits per heavy atom. The summed E-state index contributed by atoms with van der Waals surface area (Å²) in [5.41, 5.74) is -0.700. The van der Waals surface area contributed by atoms with E-state index in [1.165, 1.54) is 0 Å². The number of likely N-dealkylation sites (tertiary alicyclic amines) is 1. The Kier molecular flexibility index (Phi) is 2.78. The molecule has 3 saturated heterocycles. The van der Waals surface area contributed by atoms with Crippen LogP contribution in [0.5, 0.6) is 0 Å². The minimum absolute atomic E-state index is 0.0558. The zero-order valence-corrected chi connectivity index (χ0v) is 13.5. The third kappa shape index (κ3) is 1.73. The van der Waals surface area contributed by atoms with Crippen molar-refractivity contribution in [2.45, 2.75) is 31.5 Å². The Bertz CT molecular complexity index is 751. The number of ether oxygens (including phenoxy) is 1. The van der Waals surface area contributed by atoms with Gasteiger partial charge in [-0.3, -0.25) is 14.5 Å². The number of carbonyl (C=O) groups is 2. The number of carbonyl (C=O) groups excluding carboxylic acids is 2. The largest absolute Gasteiger partial charge is 0.360 e. The summed E-state index contributed by atoms with van der Waals surface area (Å²) in [6.45, 7) is 3.74. The quantitative estimate of drug-likeness (QED) is 0.753. The zero-order chi connectivity index (χ0) is 16.5. The summed E-state index contributed by atoms with van der Waals surface area (Å²) < 4.78 is 11.2. The highest BCUT2D eigenvalue weighted by molar-refractivity contribution is 6.02. The van der Waals surface area contributed by atoms with Gasteiger partial charge in [-0.1, -0.05) is 17.3 Å². The van der Waals surface area contributed by atoms with Gasteiger partial charge < -0.3 is 14.2 Å². The first-order valence-corrected chi connectivity index (χ1v) is 8.50. The molecule has 0 aromatic carbocycles. The van der Waals surface area contributed by atoms with E-state index in [0.29, 0.717) is 18.1 Å². The lowest BCUT2D eigenvalue weighted by atomic mass is 9.76. The van der Waals surface area contributed by atoms with Gasteiger partial charge in [0, 0.05) is 19.2 Å². The third-order valence-electron chi connectivity index (χ3n) is 5.70. The van der Waals surface area contributed by atoms with E-state index in [1.54, 1.807) is 17.9 Å². The van der Waals surface area contributed by atoms with E-state index >= 15 is 0 Å². The van der Waals surface area contributed by atoms with E-state index < -0.39 is 17.4 Å². The maximum atomic E-state index is 13.1. The number of hydrogen-bond acceptors (Lipinski definition) is 5. The smallest absolute Gasteiger partial charge is 0.235 e. The molecule has 2 bridgehead atoms. The molecule has 1 spiro atoms. The molecular weight excluding hydrogens is 310 g/mol. The van der Waals surface area contributed by atoms with E-state index in [4.69, 9.17) is 9.26 Å². The van der Waals surface area contributed by atoms with Crippen molar-refractivity contribution >= 4 is 17.6 Å². The first-order chi connectivity index (χ1) is 11.6. The number of hydrogen-bond donors (Lipinski definition) is 0. The monoisotopic (exact) mass is 329 g/mol. The van der Waals surface area contributed by atoms with Crippen LogP contribution in [0.15, 0.2) is 22.7 Å². The molecule has 7 nitrogen and oxygen atoms in total. The van der Waals surface area contributed by atoms with Crippen LogP contribution in [-0.4, -0.2) is 53.2 Å². The summed E-state index contributed by atoms with van der Waals surface area (Å²) in [7, 11) is 0. The lowest BCUT2D eigenvalue weighted by Gasteiger charge is -2.27. The van der Waals surface area contributed by atoms with Crippen molar-refractivity contribution in [1.82, 2.24) is 10.1 Å². The van der Waals surface area contributed by atoms with Crippen LogP contribution in [0.3, 0.4) is 0 Å². The van der Waals surface area contributed by atoms with Crippen molar-refractivity contribution in [2.24, 2.45) is 11.8 Å². The number of anilines is 1. The molecule has 0 aliphatic carbocycles. The summed E-state index contributed by atoms with van der Waals surface area (Å²) in [4.78, 5) is 29.5.